The number of rotatable bonds is 5. The normalized spacial score (nSPS) is 26.8. The van der Waals surface area contributed by atoms with Gasteiger partial charge in [0.25, 0.3) is 5.56 Å². The molecule has 1 aliphatic rings. The summed E-state index contributed by atoms with van der Waals surface area (Å²) in [5, 5.41) is 9.70. The van der Waals surface area contributed by atoms with Gasteiger partial charge in [0, 0.05) is 24.6 Å². The van der Waals surface area contributed by atoms with E-state index in [0.29, 0.717) is 0 Å². The number of ether oxygens (including phenoxy) is 2. The highest BCUT2D eigenvalue weighted by Gasteiger charge is 2.52. The van der Waals surface area contributed by atoms with Crippen LogP contribution in [0.4, 0.5) is 4.39 Å². The van der Waals surface area contributed by atoms with Gasteiger partial charge < -0.3 is 14.6 Å². The van der Waals surface area contributed by atoms with E-state index in [4.69, 9.17) is 9.47 Å². The number of aliphatic hydroxyl groups excluding tert-OH is 1. The summed E-state index contributed by atoms with van der Waals surface area (Å²) in [7, 11) is 0. The molecule has 2 heterocycles. The Morgan fingerprint density at radius 3 is 2.75 bits per heavy atom. The average molecular weight is 344 g/mol. The van der Waals surface area contributed by atoms with Gasteiger partial charge >= 0.3 is 11.7 Å². The number of hydrogen-bond acceptors (Lipinski definition) is 6. The van der Waals surface area contributed by atoms with Crippen molar-refractivity contribution in [1.82, 2.24) is 9.55 Å². The molecule has 0 spiro atoms. The number of esters is 1. The van der Waals surface area contributed by atoms with Gasteiger partial charge in [-0.15, -0.1) is 0 Å². The van der Waals surface area contributed by atoms with Gasteiger partial charge in [0.15, 0.2) is 12.3 Å². The summed E-state index contributed by atoms with van der Waals surface area (Å²) in [6, 6.07) is 0. The first kappa shape index (κ1) is 18.3. The zero-order valence-corrected chi connectivity index (χ0v) is 13.8. The minimum atomic E-state index is -2.32. The van der Waals surface area contributed by atoms with Gasteiger partial charge in [-0.1, -0.05) is 13.8 Å². The zero-order valence-electron chi connectivity index (χ0n) is 13.8. The highest BCUT2D eigenvalue weighted by Crippen LogP contribution is 2.41. The van der Waals surface area contributed by atoms with Crippen molar-refractivity contribution in [2.45, 2.75) is 45.2 Å². The van der Waals surface area contributed by atoms with Gasteiger partial charge in [0.1, 0.15) is 0 Å². The third-order valence-corrected chi connectivity index (χ3v) is 3.97. The maximum atomic E-state index is 14.8. The van der Waals surface area contributed by atoms with Crippen molar-refractivity contribution in [3.8, 4) is 0 Å². The second kappa shape index (κ2) is 6.48. The Bertz CT molecular complexity index is 742. The SMILES string of the molecule is Cc1cn([C@@]2(CO)CC[C@@](F)(COC(=O)C(C)C)O2)c(=O)[nH]c1=O. The molecule has 1 aliphatic heterocycles. The lowest BCUT2D eigenvalue weighted by Gasteiger charge is -2.31. The summed E-state index contributed by atoms with van der Waals surface area (Å²) < 4.78 is 26.0. The largest absolute Gasteiger partial charge is 0.459 e. The Hall–Kier alpha value is -2.00. The summed E-state index contributed by atoms with van der Waals surface area (Å²) in [5.74, 6) is -3.31. The fraction of sp³-hybridized carbons (Fsp3) is 0.667. The first-order chi connectivity index (χ1) is 11.1. The van der Waals surface area contributed by atoms with E-state index in [1.807, 2.05) is 0 Å². The second-order valence-corrected chi connectivity index (χ2v) is 6.29. The third-order valence-electron chi connectivity index (χ3n) is 3.97. The van der Waals surface area contributed by atoms with E-state index >= 15 is 0 Å². The fourth-order valence-corrected chi connectivity index (χ4v) is 2.50. The van der Waals surface area contributed by atoms with Crippen molar-refractivity contribution >= 4 is 5.97 Å². The van der Waals surface area contributed by atoms with Gasteiger partial charge in [-0.05, 0) is 6.92 Å². The quantitative estimate of drug-likeness (QED) is 0.737. The number of nitrogens with one attached hydrogen (secondary N) is 1. The van der Waals surface area contributed by atoms with Gasteiger partial charge in [0.05, 0.1) is 12.5 Å². The monoisotopic (exact) mass is 344 g/mol. The Labute approximate surface area is 137 Å². The average Bonchev–Trinajstić information content (AvgIpc) is 2.87. The Kier molecular flexibility index (Phi) is 4.95. The highest BCUT2D eigenvalue weighted by atomic mass is 19.2. The van der Waals surface area contributed by atoms with Crippen LogP contribution in [0.3, 0.4) is 0 Å². The number of halogens is 1. The van der Waals surface area contributed by atoms with E-state index < -0.39 is 47.9 Å². The molecule has 134 valence electrons. The minimum Gasteiger partial charge on any atom is -0.459 e. The molecular weight excluding hydrogens is 323 g/mol. The number of aryl methyl sites for hydroxylation is 1. The van der Waals surface area contributed by atoms with Crippen LogP contribution >= 0.6 is 0 Å². The van der Waals surface area contributed by atoms with Gasteiger partial charge in [-0.2, -0.15) is 0 Å². The van der Waals surface area contributed by atoms with Crippen LogP contribution in [0.2, 0.25) is 0 Å². The molecule has 1 fully saturated rings. The molecule has 0 unspecified atom stereocenters. The number of hydrogen-bond donors (Lipinski definition) is 2. The lowest BCUT2D eigenvalue weighted by molar-refractivity contribution is -0.241. The Morgan fingerprint density at radius 2 is 2.17 bits per heavy atom. The predicted molar refractivity (Wildman–Crippen MR) is 81.1 cm³/mol. The Balaban J connectivity index is 2.27. The highest BCUT2D eigenvalue weighted by molar-refractivity contribution is 5.71. The molecule has 0 aliphatic carbocycles. The number of carbonyl (C=O) groups is 1. The first-order valence-corrected chi connectivity index (χ1v) is 7.62. The minimum absolute atomic E-state index is 0.0232. The second-order valence-electron chi connectivity index (χ2n) is 6.29. The summed E-state index contributed by atoms with van der Waals surface area (Å²) >= 11 is 0. The molecule has 0 radical (unpaired) electrons. The maximum Gasteiger partial charge on any atom is 0.330 e. The zero-order chi connectivity index (χ0) is 18.1. The van der Waals surface area contributed by atoms with Crippen molar-refractivity contribution in [2.75, 3.05) is 13.2 Å². The van der Waals surface area contributed by atoms with Gasteiger partial charge in [-0.25, -0.2) is 9.18 Å². The van der Waals surface area contributed by atoms with Crippen molar-refractivity contribution in [3.05, 3.63) is 32.6 Å². The molecule has 2 rings (SSSR count). The van der Waals surface area contributed by atoms with E-state index in [1.54, 1.807) is 13.8 Å². The standard InChI is InChI=1S/C15H21FN2O6/c1-9(2)12(21)23-8-14(16)4-5-15(7-19,24-14)18-6-10(3)11(20)17-13(18)22/h6,9,19H,4-5,7-8H2,1-3H3,(H,17,20,22)/t14-,15-/m0/s1. The molecule has 2 N–H and O–H groups in total. The first-order valence-electron chi connectivity index (χ1n) is 7.62. The van der Waals surface area contributed by atoms with Crippen molar-refractivity contribution in [3.63, 3.8) is 0 Å². The molecule has 0 amide bonds. The van der Waals surface area contributed by atoms with E-state index in [2.05, 4.69) is 4.98 Å². The summed E-state index contributed by atoms with van der Waals surface area (Å²) in [4.78, 5) is 37.1. The van der Waals surface area contributed by atoms with Crippen molar-refractivity contribution in [1.29, 1.82) is 0 Å². The van der Waals surface area contributed by atoms with E-state index in [9.17, 15) is 23.9 Å². The molecule has 24 heavy (non-hydrogen) atoms. The maximum absolute atomic E-state index is 14.8. The van der Waals surface area contributed by atoms with Crippen molar-refractivity contribution < 1.29 is 23.8 Å². The summed E-state index contributed by atoms with van der Waals surface area (Å²) in [5.41, 5.74) is -2.83. The number of carbonyl (C=O) groups excluding carboxylic acids is 1. The number of aliphatic hydroxyl groups is 1. The van der Waals surface area contributed by atoms with Gasteiger partial charge in [-0.3, -0.25) is 19.1 Å². The number of alkyl halides is 1. The van der Waals surface area contributed by atoms with Crippen LogP contribution in [0.5, 0.6) is 0 Å². The molecule has 1 saturated heterocycles. The molecule has 0 aromatic carbocycles. The van der Waals surface area contributed by atoms with E-state index in [0.717, 1.165) is 4.57 Å². The van der Waals surface area contributed by atoms with E-state index in [1.165, 1.54) is 13.1 Å². The molecule has 9 heteroatoms. The van der Waals surface area contributed by atoms with Crippen LogP contribution in [-0.4, -0.2) is 39.7 Å². The lowest BCUT2D eigenvalue weighted by atomic mass is 10.1. The molecule has 2 atom stereocenters. The molecular formula is C15H21FN2O6. The third kappa shape index (κ3) is 3.41. The lowest BCUT2D eigenvalue weighted by Crippen LogP contribution is -2.48. The smallest absolute Gasteiger partial charge is 0.330 e. The van der Waals surface area contributed by atoms with Crippen molar-refractivity contribution in [2.24, 2.45) is 5.92 Å². The predicted octanol–water partition coefficient (Wildman–Crippen LogP) is 0.166. The topological polar surface area (TPSA) is 111 Å². The number of aromatic amines is 1. The number of aromatic nitrogens is 2. The molecule has 0 bridgehead atoms. The van der Waals surface area contributed by atoms with Crippen LogP contribution in [0.25, 0.3) is 0 Å². The summed E-state index contributed by atoms with van der Waals surface area (Å²) in [6.45, 7) is 3.39. The molecule has 0 saturated carbocycles. The van der Waals surface area contributed by atoms with E-state index in [-0.39, 0.29) is 18.4 Å². The van der Waals surface area contributed by atoms with Crippen LogP contribution in [0, 0.1) is 12.8 Å². The number of H-pyrrole nitrogens is 1. The number of nitrogens with zero attached hydrogens (tertiary/aromatic N) is 1. The van der Waals surface area contributed by atoms with Crippen LogP contribution in [-0.2, 0) is 20.0 Å². The summed E-state index contributed by atoms with van der Waals surface area (Å²) in [6.07, 6.45) is 1.01. The molecule has 1 aromatic heterocycles. The Morgan fingerprint density at radius 1 is 1.50 bits per heavy atom. The molecule has 8 nitrogen and oxygen atoms in total. The molecule has 1 aromatic rings. The van der Waals surface area contributed by atoms with Gasteiger partial charge in [0.2, 0.25) is 5.85 Å². The van der Waals surface area contributed by atoms with Crippen LogP contribution in [0.1, 0.15) is 32.3 Å². The van der Waals surface area contributed by atoms with Crippen LogP contribution in [0.15, 0.2) is 15.8 Å². The van der Waals surface area contributed by atoms with Crippen LogP contribution < -0.4 is 11.2 Å². The fourth-order valence-electron chi connectivity index (χ4n) is 2.50.